The lowest BCUT2D eigenvalue weighted by molar-refractivity contribution is -0.121. The number of carbonyl (C=O) groups is 1. The summed E-state index contributed by atoms with van der Waals surface area (Å²) >= 11 is 0. The van der Waals surface area contributed by atoms with Crippen molar-refractivity contribution in [3.05, 3.63) is 35.4 Å². The van der Waals surface area contributed by atoms with Crippen LogP contribution in [-0.4, -0.2) is 25.0 Å². The van der Waals surface area contributed by atoms with E-state index in [0.29, 0.717) is 24.9 Å². The maximum absolute atomic E-state index is 11.8. The van der Waals surface area contributed by atoms with Gasteiger partial charge in [-0.25, -0.2) is 0 Å². The zero-order chi connectivity index (χ0) is 15.0. The zero-order valence-corrected chi connectivity index (χ0v) is 14.4. The van der Waals surface area contributed by atoms with Gasteiger partial charge in [-0.2, -0.15) is 0 Å². The van der Waals surface area contributed by atoms with E-state index in [-0.39, 0.29) is 18.3 Å². The molecule has 1 atom stereocenters. The molecule has 1 aromatic rings. The van der Waals surface area contributed by atoms with Crippen molar-refractivity contribution in [2.45, 2.75) is 52.5 Å². The van der Waals surface area contributed by atoms with Crippen molar-refractivity contribution >= 4 is 18.3 Å². The maximum atomic E-state index is 11.8. The molecule has 1 rings (SSSR count). The van der Waals surface area contributed by atoms with E-state index in [2.05, 4.69) is 62.6 Å². The lowest BCUT2D eigenvalue weighted by Gasteiger charge is -2.13. The Balaban J connectivity index is 0.00000400. The number of likely N-dealkylation sites (N-methyl/N-ethyl adjacent to an activating group) is 1. The van der Waals surface area contributed by atoms with E-state index in [1.807, 2.05) is 0 Å². The van der Waals surface area contributed by atoms with Gasteiger partial charge in [0.1, 0.15) is 0 Å². The van der Waals surface area contributed by atoms with Gasteiger partial charge < -0.3 is 10.6 Å². The summed E-state index contributed by atoms with van der Waals surface area (Å²) < 4.78 is 0. The minimum atomic E-state index is 0. The normalized spacial score (nSPS) is 11.9. The summed E-state index contributed by atoms with van der Waals surface area (Å²) in [7, 11) is 0. The van der Waals surface area contributed by atoms with Crippen LogP contribution in [0.4, 0.5) is 0 Å². The lowest BCUT2D eigenvalue weighted by Crippen LogP contribution is -2.38. The zero-order valence-electron chi connectivity index (χ0n) is 13.6. The molecule has 120 valence electrons. The Hall–Kier alpha value is -1.06. The third-order valence-corrected chi connectivity index (χ3v) is 3.45. The molecule has 0 heterocycles. The molecule has 0 saturated carbocycles. The highest BCUT2D eigenvalue weighted by molar-refractivity contribution is 5.85. The third-order valence-electron chi connectivity index (χ3n) is 3.45. The van der Waals surface area contributed by atoms with Crippen LogP contribution < -0.4 is 10.6 Å². The predicted octanol–water partition coefficient (Wildman–Crippen LogP) is 3.28. The number of nitrogens with one attached hydrogen (secondary N) is 2. The van der Waals surface area contributed by atoms with Gasteiger partial charge in [0.2, 0.25) is 5.91 Å². The molecule has 0 radical (unpaired) electrons. The average molecular weight is 313 g/mol. The van der Waals surface area contributed by atoms with Crippen LogP contribution in [0.2, 0.25) is 0 Å². The number of halogens is 1. The topological polar surface area (TPSA) is 41.1 Å². The number of benzene rings is 1. The van der Waals surface area contributed by atoms with E-state index in [0.717, 1.165) is 13.0 Å². The summed E-state index contributed by atoms with van der Waals surface area (Å²) in [6.45, 7) is 10.1. The number of carbonyl (C=O) groups excluding carboxylic acids is 1. The SMILES string of the molecule is CCN[C@H](C)CNC(=O)CCc1ccc(C(C)C)cc1.Cl. The van der Waals surface area contributed by atoms with Crippen molar-refractivity contribution in [3.8, 4) is 0 Å². The molecule has 0 saturated heterocycles. The van der Waals surface area contributed by atoms with E-state index in [9.17, 15) is 4.79 Å². The molecule has 0 aliphatic heterocycles. The van der Waals surface area contributed by atoms with E-state index in [1.165, 1.54) is 11.1 Å². The van der Waals surface area contributed by atoms with Crippen LogP contribution >= 0.6 is 12.4 Å². The van der Waals surface area contributed by atoms with Crippen LogP contribution in [0.5, 0.6) is 0 Å². The molecule has 3 nitrogen and oxygen atoms in total. The van der Waals surface area contributed by atoms with Crippen molar-refractivity contribution in [2.75, 3.05) is 13.1 Å². The van der Waals surface area contributed by atoms with E-state index in [4.69, 9.17) is 0 Å². The average Bonchev–Trinajstić information content (AvgIpc) is 2.43. The van der Waals surface area contributed by atoms with Gasteiger partial charge in [-0.15, -0.1) is 12.4 Å². The molecular weight excluding hydrogens is 284 g/mol. The minimum Gasteiger partial charge on any atom is -0.355 e. The van der Waals surface area contributed by atoms with Crippen LogP contribution in [0.25, 0.3) is 0 Å². The first-order chi connectivity index (χ1) is 9.52. The van der Waals surface area contributed by atoms with Crippen LogP contribution in [0.3, 0.4) is 0 Å². The van der Waals surface area contributed by atoms with Gasteiger partial charge in [0.25, 0.3) is 0 Å². The van der Waals surface area contributed by atoms with E-state index in [1.54, 1.807) is 0 Å². The molecule has 0 spiro atoms. The summed E-state index contributed by atoms with van der Waals surface area (Å²) in [6.07, 6.45) is 1.36. The highest BCUT2D eigenvalue weighted by atomic mass is 35.5. The van der Waals surface area contributed by atoms with E-state index < -0.39 is 0 Å². The Bertz CT molecular complexity index is 404. The Morgan fingerprint density at radius 2 is 1.76 bits per heavy atom. The Kier molecular flexibility index (Phi) is 10.1. The first-order valence-corrected chi connectivity index (χ1v) is 7.61. The fourth-order valence-corrected chi connectivity index (χ4v) is 2.10. The molecule has 0 aliphatic rings. The predicted molar refractivity (Wildman–Crippen MR) is 92.2 cm³/mol. The molecule has 0 fully saturated rings. The largest absolute Gasteiger partial charge is 0.355 e. The number of aryl methyl sites for hydroxylation is 1. The maximum Gasteiger partial charge on any atom is 0.220 e. The smallest absolute Gasteiger partial charge is 0.220 e. The first-order valence-electron chi connectivity index (χ1n) is 7.61. The molecule has 0 bridgehead atoms. The fraction of sp³-hybridized carbons (Fsp3) is 0.588. The van der Waals surface area contributed by atoms with Gasteiger partial charge in [0.05, 0.1) is 0 Å². The summed E-state index contributed by atoms with van der Waals surface area (Å²) in [4.78, 5) is 11.8. The lowest BCUT2D eigenvalue weighted by atomic mass is 10.0. The van der Waals surface area contributed by atoms with Crippen LogP contribution in [0, 0.1) is 0 Å². The van der Waals surface area contributed by atoms with Gasteiger partial charge in [-0.3, -0.25) is 4.79 Å². The van der Waals surface area contributed by atoms with Gasteiger partial charge in [0.15, 0.2) is 0 Å². The van der Waals surface area contributed by atoms with Gasteiger partial charge in [0, 0.05) is 19.0 Å². The molecular formula is C17H29ClN2O. The molecule has 0 unspecified atom stereocenters. The molecule has 0 aromatic heterocycles. The quantitative estimate of drug-likeness (QED) is 0.773. The third kappa shape index (κ3) is 8.08. The molecule has 21 heavy (non-hydrogen) atoms. The van der Waals surface area contributed by atoms with Crippen molar-refractivity contribution in [3.63, 3.8) is 0 Å². The van der Waals surface area contributed by atoms with Crippen LogP contribution in [0.15, 0.2) is 24.3 Å². The van der Waals surface area contributed by atoms with Crippen molar-refractivity contribution in [1.82, 2.24) is 10.6 Å². The fourth-order valence-electron chi connectivity index (χ4n) is 2.10. The second-order valence-corrected chi connectivity index (χ2v) is 5.66. The number of hydrogen-bond donors (Lipinski definition) is 2. The van der Waals surface area contributed by atoms with Crippen molar-refractivity contribution in [2.24, 2.45) is 0 Å². The number of hydrogen-bond acceptors (Lipinski definition) is 2. The summed E-state index contributed by atoms with van der Waals surface area (Å²) in [5.41, 5.74) is 2.57. The monoisotopic (exact) mass is 312 g/mol. The number of rotatable bonds is 8. The molecule has 1 aromatic carbocycles. The van der Waals surface area contributed by atoms with Gasteiger partial charge in [-0.1, -0.05) is 45.0 Å². The highest BCUT2D eigenvalue weighted by Crippen LogP contribution is 2.15. The van der Waals surface area contributed by atoms with Crippen LogP contribution in [0.1, 0.15) is 51.2 Å². The van der Waals surface area contributed by atoms with Crippen LogP contribution in [-0.2, 0) is 11.2 Å². The Labute approximate surface area is 135 Å². The molecule has 1 amide bonds. The Morgan fingerprint density at radius 3 is 2.29 bits per heavy atom. The Morgan fingerprint density at radius 1 is 1.14 bits per heavy atom. The highest BCUT2D eigenvalue weighted by Gasteiger charge is 2.05. The second-order valence-electron chi connectivity index (χ2n) is 5.66. The van der Waals surface area contributed by atoms with Crippen molar-refractivity contribution in [1.29, 1.82) is 0 Å². The second kappa shape index (κ2) is 10.6. The van der Waals surface area contributed by atoms with E-state index >= 15 is 0 Å². The van der Waals surface area contributed by atoms with Gasteiger partial charge >= 0.3 is 0 Å². The summed E-state index contributed by atoms with van der Waals surface area (Å²) in [5.74, 6) is 0.683. The molecule has 0 aliphatic carbocycles. The summed E-state index contributed by atoms with van der Waals surface area (Å²) in [5, 5.41) is 6.24. The van der Waals surface area contributed by atoms with Gasteiger partial charge in [-0.05, 0) is 36.9 Å². The molecule has 4 heteroatoms. The minimum absolute atomic E-state index is 0. The van der Waals surface area contributed by atoms with Crippen molar-refractivity contribution < 1.29 is 4.79 Å². The number of amides is 1. The standard InChI is InChI=1S/C17H28N2O.ClH/c1-5-18-14(4)12-19-17(20)11-8-15-6-9-16(10-7-15)13(2)3;/h6-7,9-10,13-14,18H,5,8,11-12H2,1-4H3,(H,19,20);1H/t14-;/m1./s1. The first kappa shape index (κ1) is 19.9. The molecule has 2 N–H and O–H groups in total. The summed E-state index contributed by atoms with van der Waals surface area (Å²) in [6, 6.07) is 8.90.